The van der Waals surface area contributed by atoms with Crippen LogP contribution < -0.4 is 5.32 Å². The predicted molar refractivity (Wildman–Crippen MR) is 89.7 cm³/mol. The van der Waals surface area contributed by atoms with Crippen molar-refractivity contribution in [3.8, 4) is 0 Å². The molecule has 21 heavy (non-hydrogen) atoms. The molecule has 0 radical (unpaired) electrons. The van der Waals surface area contributed by atoms with Crippen molar-refractivity contribution in [1.29, 1.82) is 0 Å². The van der Waals surface area contributed by atoms with Gasteiger partial charge < -0.3 is 9.84 Å². The average Bonchev–Trinajstić information content (AvgIpc) is 2.88. The summed E-state index contributed by atoms with van der Waals surface area (Å²) in [4.78, 5) is 5.68. The maximum absolute atomic E-state index is 5.31. The van der Waals surface area contributed by atoms with Gasteiger partial charge in [-0.1, -0.05) is 21.1 Å². The number of benzene rings is 1. The lowest BCUT2D eigenvalue weighted by Crippen LogP contribution is -2.24. The molecule has 1 atom stereocenters. The van der Waals surface area contributed by atoms with Crippen LogP contribution >= 0.6 is 27.7 Å². The minimum Gasteiger partial charge on any atom is -0.338 e. The minimum absolute atomic E-state index is 0.347. The Morgan fingerprint density at radius 1 is 1.33 bits per heavy atom. The van der Waals surface area contributed by atoms with E-state index in [4.69, 9.17) is 4.52 Å². The van der Waals surface area contributed by atoms with Gasteiger partial charge in [-0.15, -0.1) is 11.8 Å². The van der Waals surface area contributed by atoms with Crippen molar-refractivity contribution in [1.82, 2.24) is 15.5 Å². The Bertz CT molecular complexity index is 615. The molecule has 1 N–H and O–H groups in total. The highest BCUT2D eigenvalue weighted by Crippen LogP contribution is 2.30. The largest absolute Gasteiger partial charge is 0.338 e. The lowest BCUT2D eigenvalue weighted by Gasteiger charge is -2.07. The number of halogens is 1. The molecule has 1 aromatic heterocycles. The lowest BCUT2D eigenvalue weighted by atomic mass is 10.2. The van der Waals surface area contributed by atoms with Crippen molar-refractivity contribution in [3.63, 3.8) is 0 Å². The van der Waals surface area contributed by atoms with Crippen molar-refractivity contribution in [2.45, 2.75) is 43.9 Å². The fraction of sp³-hybridized carbons (Fsp3) is 0.467. The zero-order valence-corrected chi connectivity index (χ0v) is 15.1. The highest BCUT2D eigenvalue weighted by molar-refractivity contribution is 9.10. The molecule has 0 fully saturated rings. The number of thioether (sulfide) groups is 1. The highest BCUT2D eigenvalue weighted by atomic mass is 79.9. The van der Waals surface area contributed by atoms with Crippen LogP contribution in [0.25, 0.3) is 0 Å². The fourth-order valence-electron chi connectivity index (χ4n) is 1.86. The van der Waals surface area contributed by atoms with Gasteiger partial charge in [-0.2, -0.15) is 4.98 Å². The normalized spacial score (nSPS) is 12.6. The second kappa shape index (κ2) is 7.42. The number of hydrogen-bond acceptors (Lipinski definition) is 5. The Labute approximate surface area is 138 Å². The first-order valence-corrected chi connectivity index (χ1v) is 8.65. The van der Waals surface area contributed by atoms with E-state index in [1.54, 1.807) is 11.8 Å². The van der Waals surface area contributed by atoms with Gasteiger partial charge in [0.05, 0.1) is 5.75 Å². The number of nitrogens with zero attached hydrogens (tertiary/aromatic N) is 2. The van der Waals surface area contributed by atoms with Crippen LogP contribution in [0.3, 0.4) is 0 Å². The van der Waals surface area contributed by atoms with Crippen molar-refractivity contribution < 1.29 is 4.52 Å². The first-order valence-electron chi connectivity index (χ1n) is 6.88. The van der Waals surface area contributed by atoms with Gasteiger partial charge in [-0.05, 0) is 51.1 Å². The summed E-state index contributed by atoms with van der Waals surface area (Å²) in [7, 11) is 1.93. The van der Waals surface area contributed by atoms with Gasteiger partial charge in [0.1, 0.15) is 0 Å². The van der Waals surface area contributed by atoms with Crippen LogP contribution in [-0.2, 0) is 12.2 Å². The molecule has 1 aromatic carbocycles. The van der Waals surface area contributed by atoms with Crippen molar-refractivity contribution in [2.75, 3.05) is 7.05 Å². The van der Waals surface area contributed by atoms with E-state index in [1.165, 1.54) is 16.0 Å². The van der Waals surface area contributed by atoms with Gasteiger partial charge in [0.15, 0.2) is 5.82 Å². The summed E-state index contributed by atoms with van der Waals surface area (Å²) in [6, 6.07) is 4.68. The van der Waals surface area contributed by atoms with Gasteiger partial charge in [0.2, 0.25) is 5.89 Å². The van der Waals surface area contributed by atoms with Gasteiger partial charge in [0.25, 0.3) is 0 Å². The SMILES string of the molecule is CNC(C)Cc1noc(CSc2cc(C)c(Br)cc2C)n1. The molecule has 114 valence electrons. The number of rotatable bonds is 6. The van der Waals surface area contributed by atoms with E-state index in [0.717, 1.165) is 16.7 Å². The summed E-state index contributed by atoms with van der Waals surface area (Å²) in [6.07, 6.45) is 0.779. The van der Waals surface area contributed by atoms with Gasteiger partial charge in [-0.3, -0.25) is 0 Å². The van der Waals surface area contributed by atoms with Crippen LogP contribution in [0.4, 0.5) is 0 Å². The molecule has 1 unspecified atom stereocenters. The Balaban J connectivity index is 1.99. The second-order valence-corrected chi connectivity index (χ2v) is 7.03. The number of nitrogens with one attached hydrogen (secondary N) is 1. The summed E-state index contributed by atoms with van der Waals surface area (Å²) in [5.41, 5.74) is 2.48. The third-order valence-corrected chi connectivity index (χ3v) is 5.30. The molecule has 2 rings (SSSR count). The average molecular weight is 370 g/mol. The minimum atomic E-state index is 0.347. The van der Waals surface area contributed by atoms with Gasteiger partial charge in [-0.25, -0.2) is 0 Å². The number of aromatic nitrogens is 2. The number of hydrogen-bond donors (Lipinski definition) is 1. The molecule has 2 aromatic rings. The summed E-state index contributed by atoms with van der Waals surface area (Å²) in [5, 5.41) is 7.19. The molecule has 0 bridgehead atoms. The number of aryl methyl sites for hydroxylation is 2. The summed E-state index contributed by atoms with van der Waals surface area (Å²) in [5.74, 6) is 2.14. The zero-order valence-electron chi connectivity index (χ0n) is 12.7. The lowest BCUT2D eigenvalue weighted by molar-refractivity contribution is 0.382. The van der Waals surface area contributed by atoms with Gasteiger partial charge >= 0.3 is 0 Å². The van der Waals surface area contributed by atoms with E-state index >= 15 is 0 Å². The van der Waals surface area contributed by atoms with Gasteiger partial charge in [0, 0.05) is 21.8 Å². The molecule has 6 heteroatoms. The standard InChI is InChI=1S/C15H20BrN3OS/c1-9-6-13(10(2)5-12(9)16)21-8-15-18-14(19-20-15)7-11(3)17-4/h5-6,11,17H,7-8H2,1-4H3. The Kier molecular flexibility index (Phi) is 5.84. The third-order valence-electron chi connectivity index (χ3n) is 3.30. The fourth-order valence-corrected chi connectivity index (χ4v) is 3.26. The Morgan fingerprint density at radius 2 is 2.10 bits per heavy atom. The van der Waals surface area contributed by atoms with Crippen LogP contribution in [0.1, 0.15) is 29.8 Å². The highest BCUT2D eigenvalue weighted by Gasteiger charge is 2.11. The van der Waals surface area contributed by atoms with Crippen molar-refractivity contribution in [2.24, 2.45) is 0 Å². The molecule has 0 amide bonds. The van der Waals surface area contributed by atoms with E-state index in [-0.39, 0.29) is 0 Å². The molecule has 0 saturated heterocycles. The van der Waals surface area contributed by atoms with Crippen LogP contribution in [-0.4, -0.2) is 23.2 Å². The van der Waals surface area contributed by atoms with Crippen molar-refractivity contribution in [3.05, 3.63) is 39.4 Å². The molecule has 4 nitrogen and oxygen atoms in total. The van der Waals surface area contributed by atoms with Crippen LogP contribution in [0.2, 0.25) is 0 Å². The summed E-state index contributed by atoms with van der Waals surface area (Å²) >= 11 is 5.28. The Morgan fingerprint density at radius 3 is 2.81 bits per heavy atom. The maximum atomic E-state index is 5.31. The summed E-state index contributed by atoms with van der Waals surface area (Å²) < 4.78 is 6.45. The monoisotopic (exact) mass is 369 g/mol. The van der Waals surface area contributed by atoms with E-state index in [9.17, 15) is 0 Å². The van der Waals surface area contributed by atoms with E-state index < -0.39 is 0 Å². The second-order valence-electron chi connectivity index (χ2n) is 5.15. The molecule has 0 saturated carbocycles. The molecule has 0 aliphatic carbocycles. The predicted octanol–water partition coefficient (Wildman–Crippen LogP) is 3.89. The summed E-state index contributed by atoms with van der Waals surface area (Å²) in [6.45, 7) is 6.30. The molecule has 1 heterocycles. The van der Waals surface area contributed by atoms with Crippen LogP contribution in [0.5, 0.6) is 0 Å². The zero-order chi connectivity index (χ0) is 15.4. The van der Waals surface area contributed by atoms with E-state index in [2.05, 4.69) is 64.3 Å². The Hall–Kier alpha value is -0.850. The van der Waals surface area contributed by atoms with E-state index in [1.807, 2.05) is 7.05 Å². The van der Waals surface area contributed by atoms with E-state index in [0.29, 0.717) is 17.7 Å². The first-order chi connectivity index (χ1) is 9.99. The van der Waals surface area contributed by atoms with Crippen LogP contribution in [0, 0.1) is 13.8 Å². The number of likely N-dealkylation sites (N-methyl/N-ethyl adjacent to an activating group) is 1. The maximum Gasteiger partial charge on any atom is 0.237 e. The molecular weight excluding hydrogens is 350 g/mol. The van der Waals surface area contributed by atoms with Crippen molar-refractivity contribution >= 4 is 27.7 Å². The quantitative estimate of drug-likeness (QED) is 0.782. The molecule has 0 spiro atoms. The molecule has 0 aliphatic heterocycles. The topological polar surface area (TPSA) is 51.0 Å². The third kappa shape index (κ3) is 4.56. The van der Waals surface area contributed by atoms with Crippen LogP contribution in [0.15, 0.2) is 26.0 Å². The first kappa shape index (κ1) is 16.5. The smallest absolute Gasteiger partial charge is 0.237 e. The molecule has 0 aliphatic rings. The molecular formula is C15H20BrN3OS.